The van der Waals surface area contributed by atoms with Crippen molar-refractivity contribution in [1.82, 2.24) is 5.48 Å². The number of rotatable bonds is 4. The number of nitrogens with two attached hydrogens (primary N) is 1. The van der Waals surface area contributed by atoms with Crippen molar-refractivity contribution >= 4 is 5.91 Å². The normalized spacial score (nSPS) is 8.33. The van der Waals surface area contributed by atoms with Crippen LogP contribution in [0, 0.1) is 12.3 Å². The third kappa shape index (κ3) is 6.95. The molecule has 50 valence electrons. The lowest BCUT2D eigenvalue weighted by Gasteiger charge is -1.96. The zero-order valence-electron chi connectivity index (χ0n) is 4.89. The number of amides is 1. The molecule has 0 heterocycles. The number of terminal acetylenes is 1. The van der Waals surface area contributed by atoms with E-state index >= 15 is 0 Å². The third-order valence-corrected chi connectivity index (χ3v) is 0.491. The van der Waals surface area contributed by atoms with E-state index in [4.69, 9.17) is 12.2 Å². The van der Waals surface area contributed by atoms with E-state index < -0.39 is 5.91 Å². The third-order valence-electron chi connectivity index (χ3n) is 0.491. The van der Waals surface area contributed by atoms with Crippen molar-refractivity contribution in [3.63, 3.8) is 0 Å². The molecule has 0 rings (SSSR count). The van der Waals surface area contributed by atoms with Crippen LogP contribution in [0.3, 0.4) is 0 Å². The molecule has 4 nitrogen and oxygen atoms in total. The largest absolute Gasteiger partial charge is 0.368 e. The molecule has 4 heteroatoms. The predicted molar refractivity (Wildman–Crippen MR) is 32.0 cm³/mol. The fraction of sp³-hybridized carbons (Fsp3) is 0.400. The summed E-state index contributed by atoms with van der Waals surface area (Å²) in [5.74, 6) is 1.72. The molecule has 3 N–H and O–H groups in total. The van der Waals surface area contributed by atoms with Crippen LogP contribution in [0.25, 0.3) is 0 Å². The smallest absolute Gasteiger partial charge is 0.245 e. The van der Waals surface area contributed by atoms with Gasteiger partial charge >= 0.3 is 0 Å². The first-order chi connectivity index (χ1) is 4.27. The number of carbonyl (C=O) groups is 1. The molecule has 0 spiro atoms. The second-order valence-electron chi connectivity index (χ2n) is 1.28. The quantitative estimate of drug-likeness (QED) is 0.279. The van der Waals surface area contributed by atoms with Crippen molar-refractivity contribution in [3.05, 3.63) is 0 Å². The monoisotopic (exact) mass is 128 g/mol. The lowest BCUT2D eigenvalue weighted by atomic mass is 10.7. The zero-order chi connectivity index (χ0) is 7.11. The Morgan fingerprint density at radius 2 is 2.56 bits per heavy atom. The lowest BCUT2D eigenvalue weighted by molar-refractivity contribution is -0.124. The lowest BCUT2D eigenvalue weighted by Crippen LogP contribution is -2.24. The number of carbonyl (C=O) groups excluding carboxylic acids is 1. The van der Waals surface area contributed by atoms with Crippen molar-refractivity contribution < 1.29 is 9.63 Å². The highest BCUT2D eigenvalue weighted by atomic mass is 16.6. The Labute approximate surface area is 53.3 Å². The summed E-state index contributed by atoms with van der Waals surface area (Å²) in [6.45, 7) is 0.120. The minimum Gasteiger partial charge on any atom is -0.368 e. The average molecular weight is 128 g/mol. The molecular formula is C5H8N2O2. The van der Waals surface area contributed by atoms with E-state index in [9.17, 15) is 4.79 Å². The van der Waals surface area contributed by atoms with Crippen molar-refractivity contribution in [3.8, 4) is 12.3 Å². The maximum atomic E-state index is 9.97. The highest BCUT2D eigenvalue weighted by Gasteiger charge is 1.89. The Morgan fingerprint density at radius 3 is 3.00 bits per heavy atom. The van der Waals surface area contributed by atoms with Gasteiger partial charge in [0, 0.05) is 0 Å². The maximum absolute atomic E-state index is 9.97. The van der Waals surface area contributed by atoms with Crippen LogP contribution >= 0.6 is 0 Å². The molecule has 0 aromatic rings. The standard InChI is InChI=1S/C5H8N2O2/c1-2-3-7-9-4-5(6)8/h1,7H,3-4H2,(H2,6,8). The number of hydroxylamine groups is 1. The summed E-state index contributed by atoms with van der Waals surface area (Å²) < 4.78 is 0. The van der Waals surface area contributed by atoms with Crippen LogP contribution in [0.2, 0.25) is 0 Å². The van der Waals surface area contributed by atoms with Gasteiger partial charge in [-0.1, -0.05) is 5.92 Å². The van der Waals surface area contributed by atoms with Gasteiger partial charge in [-0.2, -0.15) is 5.48 Å². The molecule has 0 fully saturated rings. The van der Waals surface area contributed by atoms with Gasteiger partial charge in [0.15, 0.2) is 0 Å². The second-order valence-corrected chi connectivity index (χ2v) is 1.28. The van der Waals surface area contributed by atoms with E-state index in [0.29, 0.717) is 0 Å². The Morgan fingerprint density at radius 1 is 1.89 bits per heavy atom. The molecule has 0 aromatic heterocycles. The molecule has 9 heavy (non-hydrogen) atoms. The van der Waals surface area contributed by atoms with Gasteiger partial charge in [0.2, 0.25) is 5.91 Å². The van der Waals surface area contributed by atoms with Gasteiger partial charge in [0.05, 0.1) is 6.54 Å². The Balaban J connectivity index is 2.94. The summed E-state index contributed by atoms with van der Waals surface area (Å²) >= 11 is 0. The first kappa shape index (κ1) is 7.95. The topological polar surface area (TPSA) is 64.3 Å². The summed E-state index contributed by atoms with van der Waals surface area (Å²) in [6, 6.07) is 0. The molecule has 0 aliphatic heterocycles. The van der Waals surface area contributed by atoms with Gasteiger partial charge in [0.1, 0.15) is 6.61 Å². The molecule has 0 saturated heterocycles. The molecular weight excluding hydrogens is 120 g/mol. The summed E-state index contributed by atoms with van der Waals surface area (Å²) in [6.07, 6.45) is 4.84. The number of hydrogen-bond acceptors (Lipinski definition) is 3. The van der Waals surface area contributed by atoms with Crippen LogP contribution in [0.1, 0.15) is 0 Å². The van der Waals surface area contributed by atoms with Crippen molar-refractivity contribution in [2.45, 2.75) is 0 Å². The molecule has 1 amide bonds. The van der Waals surface area contributed by atoms with Crippen molar-refractivity contribution in [2.75, 3.05) is 13.2 Å². The Hall–Kier alpha value is -1.05. The van der Waals surface area contributed by atoms with Crippen LogP contribution in [-0.2, 0) is 9.63 Å². The second kappa shape index (κ2) is 5.09. The molecule has 0 radical (unpaired) electrons. The molecule has 0 saturated carbocycles. The Kier molecular flexibility index (Phi) is 4.50. The number of hydrogen-bond donors (Lipinski definition) is 2. The summed E-state index contributed by atoms with van der Waals surface area (Å²) in [5.41, 5.74) is 7.05. The SMILES string of the molecule is C#CCNOCC(N)=O. The number of primary amides is 1. The van der Waals surface area contributed by atoms with Crippen molar-refractivity contribution in [2.24, 2.45) is 5.73 Å². The van der Waals surface area contributed by atoms with Gasteiger partial charge in [0.25, 0.3) is 0 Å². The van der Waals surface area contributed by atoms with E-state index in [-0.39, 0.29) is 13.2 Å². The molecule has 0 unspecified atom stereocenters. The van der Waals surface area contributed by atoms with Crippen LogP contribution < -0.4 is 11.2 Å². The predicted octanol–water partition coefficient (Wildman–Crippen LogP) is -1.37. The van der Waals surface area contributed by atoms with Crippen LogP contribution in [0.15, 0.2) is 0 Å². The fourth-order valence-electron chi connectivity index (χ4n) is 0.215. The van der Waals surface area contributed by atoms with Crippen LogP contribution in [0.4, 0.5) is 0 Å². The summed E-state index contributed by atoms with van der Waals surface area (Å²) in [7, 11) is 0. The van der Waals surface area contributed by atoms with E-state index in [1.54, 1.807) is 0 Å². The number of nitrogens with one attached hydrogen (secondary N) is 1. The molecule has 0 atom stereocenters. The molecule has 0 aliphatic carbocycles. The van der Waals surface area contributed by atoms with E-state index in [2.05, 4.69) is 16.2 Å². The molecule has 0 bridgehead atoms. The fourth-order valence-corrected chi connectivity index (χ4v) is 0.215. The zero-order valence-corrected chi connectivity index (χ0v) is 4.89. The van der Waals surface area contributed by atoms with Crippen molar-refractivity contribution in [1.29, 1.82) is 0 Å². The van der Waals surface area contributed by atoms with E-state index in [1.165, 1.54) is 0 Å². The highest BCUT2D eigenvalue weighted by Crippen LogP contribution is 1.62. The van der Waals surface area contributed by atoms with Gasteiger partial charge in [-0.25, -0.2) is 0 Å². The minimum atomic E-state index is -0.528. The minimum absolute atomic E-state index is 0.151. The maximum Gasteiger partial charge on any atom is 0.245 e. The Bertz CT molecular complexity index is 127. The van der Waals surface area contributed by atoms with E-state index in [1.807, 2.05) is 0 Å². The average Bonchev–Trinajstić information content (AvgIpc) is 1.80. The van der Waals surface area contributed by atoms with Crippen LogP contribution in [-0.4, -0.2) is 19.1 Å². The first-order valence-electron chi connectivity index (χ1n) is 2.33. The molecule has 0 aromatic carbocycles. The first-order valence-corrected chi connectivity index (χ1v) is 2.33. The summed E-state index contributed by atoms with van der Waals surface area (Å²) in [4.78, 5) is 14.4. The van der Waals surface area contributed by atoms with E-state index in [0.717, 1.165) is 0 Å². The summed E-state index contributed by atoms with van der Waals surface area (Å²) in [5, 5.41) is 0. The van der Waals surface area contributed by atoms with Gasteiger partial charge in [-0.15, -0.1) is 6.42 Å². The van der Waals surface area contributed by atoms with Gasteiger partial charge in [-0.05, 0) is 0 Å². The van der Waals surface area contributed by atoms with Gasteiger partial charge < -0.3 is 5.73 Å². The molecule has 0 aliphatic rings. The van der Waals surface area contributed by atoms with Gasteiger partial charge in [-0.3, -0.25) is 9.63 Å². The van der Waals surface area contributed by atoms with Crippen LogP contribution in [0.5, 0.6) is 0 Å². The highest BCUT2D eigenvalue weighted by molar-refractivity contribution is 5.74.